The van der Waals surface area contributed by atoms with Crippen LogP contribution in [0.15, 0.2) is 82.8 Å². The Kier molecular flexibility index (Phi) is 6.37. The molecule has 1 aliphatic rings. The Morgan fingerprint density at radius 3 is 2.35 bits per heavy atom. The molecule has 0 spiro atoms. The summed E-state index contributed by atoms with van der Waals surface area (Å²) in [5, 5.41) is 4.52. The first kappa shape index (κ1) is 23.8. The fraction of sp³-hybridized carbons (Fsp3) is 0.208. The van der Waals surface area contributed by atoms with Gasteiger partial charge >= 0.3 is 0 Å². The summed E-state index contributed by atoms with van der Waals surface area (Å²) < 4.78 is 59.4. The predicted octanol–water partition coefficient (Wildman–Crippen LogP) is 3.92. The molecule has 0 amide bonds. The third-order valence-electron chi connectivity index (χ3n) is 5.42. The molecule has 178 valence electrons. The van der Waals surface area contributed by atoms with Crippen LogP contribution in [0.5, 0.6) is 5.75 Å². The second-order valence-electron chi connectivity index (χ2n) is 8.09. The molecule has 10 heteroatoms. The van der Waals surface area contributed by atoms with E-state index in [1.807, 2.05) is 13.0 Å². The predicted molar refractivity (Wildman–Crippen MR) is 132 cm³/mol. The number of benzene rings is 3. The third-order valence-corrected chi connectivity index (χ3v) is 7.72. The van der Waals surface area contributed by atoms with Crippen LogP contribution >= 0.6 is 0 Å². The first-order valence-corrected chi connectivity index (χ1v) is 13.8. The van der Waals surface area contributed by atoms with Gasteiger partial charge in [0.2, 0.25) is 10.0 Å². The van der Waals surface area contributed by atoms with Crippen molar-refractivity contribution in [3.8, 4) is 5.75 Å². The van der Waals surface area contributed by atoms with Gasteiger partial charge in [-0.25, -0.2) is 8.42 Å². The van der Waals surface area contributed by atoms with Gasteiger partial charge in [0, 0.05) is 12.1 Å². The molecule has 0 fully saturated rings. The van der Waals surface area contributed by atoms with Gasteiger partial charge in [-0.05, 0) is 54.4 Å². The van der Waals surface area contributed by atoms with Crippen LogP contribution in [0.25, 0.3) is 0 Å². The second kappa shape index (κ2) is 9.11. The van der Waals surface area contributed by atoms with E-state index in [2.05, 4.69) is 9.82 Å². The molecule has 34 heavy (non-hydrogen) atoms. The molecule has 3 aromatic carbocycles. The van der Waals surface area contributed by atoms with Crippen LogP contribution in [0.2, 0.25) is 0 Å². The number of aryl methyl sites for hydroxylation is 1. The SMILES string of the molecule is COc1cccc(C2CC(c3cccc(NS(C)(=O)=O)c3)=NN2S(=O)(=O)c2ccc(C)cc2)c1. The van der Waals surface area contributed by atoms with Crippen LogP contribution in [0.1, 0.15) is 29.2 Å². The normalized spacial score (nSPS) is 16.3. The summed E-state index contributed by atoms with van der Waals surface area (Å²) in [5.41, 5.74) is 3.22. The van der Waals surface area contributed by atoms with Crippen LogP contribution in [0, 0.1) is 6.92 Å². The number of nitrogens with zero attached hydrogens (tertiary/aromatic N) is 2. The van der Waals surface area contributed by atoms with Crippen molar-refractivity contribution in [1.82, 2.24) is 4.41 Å². The largest absolute Gasteiger partial charge is 0.497 e. The Hall–Kier alpha value is -3.37. The highest BCUT2D eigenvalue weighted by Gasteiger charge is 2.38. The Labute approximate surface area is 200 Å². The number of hydrogen-bond donors (Lipinski definition) is 1. The average molecular weight is 500 g/mol. The number of nitrogens with one attached hydrogen (secondary N) is 1. The van der Waals surface area contributed by atoms with Gasteiger partial charge in [-0.1, -0.05) is 42.0 Å². The highest BCUT2D eigenvalue weighted by atomic mass is 32.2. The van der Waals surface area contributed by atoms with Crippen molar-refractivity contribution in [1.29, 1.82) is 0 Å². The highest BCUT2D eigenvalue weighted by Crippen LogP contribution is 2.38. The number of hydrazone groups is 1. The third kappa shape index (κ3) is 5.07. The van der Waals surface area contributed by atoms with Crippen LogP contribution in [0.3, 0.4) is 0 Å². The summed E-state index contributed by atoms with van der Waals surface area (Å²) in [4.78, 5) is 0.142. The Morgan fingerprint density at radius 1 is 0.971 bits per heavy atom. The van der Waals surface area contributed by atoms with E-state index >= 15 is 0 Å². The number of ether oxygens (including phenoxy) is 1. The lowest BCUT2D eigenvalue weighted by atomic mass is 9.99. The molecular weight excluding hydrogens is 474 g/mol. The molecule has 0 bridgehead atoms. The fourth-order valence-electron chi connectivity index (χ4n) is 3.78. The molecule has 1 unspecified atom stereocenters. The highest BCUT2D eigenvalue weighted by molar-refractivity contribution is 7.92. The zero-order valence-corrected chi connectivity index (χ0v) is 20.6. The minimum absolute atomic E-state index is 0.142. The molecular formula is C24H25N3O5S2. The van der Waals surface area contributed by atoms with Crippen LogP contribution < -0.4 is 9.46 Å². The van der Waals surface area contributed by atoms with Crippen LogP contribution in [-0.4, -0.2) is 40.3 Å². The summed E-state index contributed by atoms with van der Waals surface area (Å²) in [6, 6.07) is 20.0. The van der Waals surface area contributed by atoms with Crippen molar-refractivity contribution in [2.75, 3.05) is 18.1 Å². The second-order valence-corrected chi connectivity index (χ2v) is 11.6. The van der Waals surface area contributed by atoms with Gasteiger partial charge in [0.1, 0.15) is 5.75 Å². The lowest BCUT2D eigenvalue weighted by Crippen LogP contribution is -2.27. The molecule has 0 saturated carbocycles. The number of hydrogen-bond acceptors (Lipinski definition) is 6. The Bertz CT molecular complexity index is 1450. The van der Waals surface area contributed by atoms with E-state index < -0.39 is 26.1 Å². The van der Waals surface area contributed by atoms with E-state index in [1.165, 1.54) is 0 Å². The van der Waals surface area contributed by atoms with E-state index in [9.17, 15) is 16.8 Å². The minimum atomic E-state index is -3.96. The average Bonchev–Trinajstić information content (AvgIpc) is 3.25. The van der Waals surface area contributed by atoms with Crippen molar-refractivity contribution in [2.45, 2.75) is 24.3 Å². The van der Waals surface area contributed by atoms with E-state index in [1.54, 1.807) is 73.8 Å². The molecule has 3 aromatic rings. The van der Waals surface area contributed by atoms with Gasteiger partial charge in [-0.2, -0.15) is 17.9 Å². The van der Waals surface area contributed by atoms with E-state index in [-0.39, 0.29) is 4.90 Å². The van der Waals surface area contributed by atoms with Gasteiger partial charge in [-0.3, -0.25) is 4.72 Å². The molecule has 0 saturated heterocycles. The van der Waals surface area contributed by atoms with Crippen molar-refractivity contribution in [3.05, 3.63) is 89.5 Å². The molecule has 1 heterocycles. The molecule has 1 atom stereocenters. The van der Waals surface area contributed by atoms with Crippen molar-refractivity contribution < 1.29 is 21.6 Å². The molecule has 0 aromatic heterocycles. The summed E-state index contributed by atoms with van der Waals surface area (Å²) >= 11 is 0. The molecule has 1 N–H and O–H groups in total. The smallest absolute Gasteiger partial charge is 0.279 e. The number of rotatable bonds is 7. The minimum Gasteiger partial charge on any atom is -0.497 e. The van der Waals surface area contributed by atoms with Crippen molar-refractivity contribution >= 4 is 31.4 Å². The van der Waals surface area contributed by atoms with Crippen molar-refractivity contribution in [3.63, 3.8) is 0 Å². The monoisotopic (exact) mass is 499 g/mol. The summed E-state index contributed by atoms with van der Waals surface area (Å²) in [6.07, 6.45) is 1.38. The number of anilines is 1. The summed E-state index contributed by atoms with van der Waals surface area (Å²) in [6.45, 7) is 1.89. The first-order chi connectivity index (χ1) is 16.1. The quantitative estimate of drug-likeness (QED) is 0.531. The Morgan fingerprint density at radius 2 is 1.68 bits per heavy atom. The summed E-state index contributed by atoms with van der Waals surface area (Å²) in [7, 11) is -5.87. The van der Waals surface area contributed by atoms with E-state index in [4.69, 9.17) is 4.74 Å². The van der Waals surface area contributed by atoms with E-state index in [0.717, 1.165) is 21.8 Å². The van der Waals surface area contributed by atoms with Gasteiger partial charge < -0.3 is 4.74 Å². The number of sulfonamides is 2. The van der Waals surface area contributed by atoms with Gasteiger partial charge in [-0.15, -0.1) is 0 Å². The van der Waals surface area contributed by atoms with E-state index in [0.29, 0.717) is 29.1 Å². The van der Waals surface area contributed by atoms with Crippen LogP contribution in [0.4, 0.5) is 5.69 Å². The molecule has 4 rings (SSSR count). The molecule has 0 radical (unpaired) electrons. The van der Waals surface area contributed by atoms with Gasteiger partial charge in [0.25, 0.3) is 10.0 Å². The van der Waals surface area contributed by atoms with Gasteiger partial charge in [0.05, 0.1) is 30.0 Å². The Balaban J connectivity index is 1.79. The zero-order valence-electron chi connectivity index (χ0n) is 19.0. The maximum Gasteiger partial charge on any atom is 0.279 e. The van der Waals surface area contributed by atoms with Crippen molar-refractivity contribution in [2.24, 2.45) is 5.10 Å². The molecule has 1 aliphatic heterocycles. The standard InChI is InChI=1S/C24H25N3O5S2/c1-17-10-12-22(13-11-17)34(30,31)27-24(19-7-5-9-21(15-19)32-2)16-23(25-27)18-6-4-8-20(14-18)26-33(3,28)29/h4-15,24,26H,16H2,1-3H3. The van der Waals surface area contributed by atoms with Crippen LogP contribution in [-0.2, 0) is 20.0 Å². The zero-order chi connectivity index (χ0) is 24.5. The topological polar surface area (TPSA) is 105 Å². The maximum absolute atomic E-state index is 13.6. The molecule has 0 aliphatic carbocycles. The van der Waals surface area contributed by atoms with Gasteiger partial charge in [0.15, 0.2) is 0 Å². The summed E-state index contributed by atoms with van der Waals surface area (Å²) in [5.74, 6) is 0.609. The molecule has 8 nitrogen and oxygen atoms in total. The maximum atomic E-state index is 13.6. The number of methoxy groups -OCH3 is 1. The lowest BCUT2D eigenvalue weighted by Gasteiger charge is -2.23. The fourth-order valence-corrected chi connectivity index (χ4v) is 5.76. The lowest BCUT2D eigenvalue weighted by molar-refractivity contribution is 0.368. The first-order valence-electron chi connectivity index (χ1n) is 10.5.